The first kappa shape index (κ1) is 13.9. The summed E-state index contributed by atoms with van der Waals surface area (Å²) >= 11 is 0. The molecule has 5 nitrogen and oxygen atoms in total. The molecule has 1 aliphatic rings. The van der Waals surface area contributed by atoms with Gasteiger partial charge in [-0.1, -0.05) is 0 Å². The Labute approximate surface area is 98.2 Å². The Balaban J connectivity index is 2.62. The van der Waals surface area contributed by atoms with Crippen molar-refractivity contribution in [1.29, 1.82) is 0 Å². The van der Waals surface area contributed by atoms with Gasteiger partial charge in [-0.05, 0) is 20.8 Å². The Hall–Kier alpha value is -0.170. The second-order valence-corrected chi connectivity index (χ2v) is 7.17. The second-order valence-electron chi connectivity index (χ2n) is 5.23. The fourth-order valence-corrected chi connectivity index (χ4v) is 2.74. The maximum Gasteiger partial charge on any atom is 0.211 e. The predicted octanol–water partition coefficient (Wildman–Crippen LogP) is 0.0349. The molecule has 1 saturated heterocycles. The first-order chi connectivity index (χ1) is 7.20. The van der Waals surface area contributed by atoms with Crippen LogP contribution >= 0.6 is 0 Å². The van der Waals surface area contributed by atoms with Crippen molar-refractivity contribution in [2.75, 3.05) is 32.6 Å². The molecule has 96 valence electrons. The highest BCUT2D eigenvalue weighted by molar-refractivity contribution is 7.88. The number of hydrogen-bond donors (Lipinski definition) is 1. The van der Waals surface area contributed by atoms with E-state index < -0.39 is 10.0 Å². The zero-order valence-electron chi connectivity index (χ0n) is 10.5. The third-order valence-corrected chi connectivity index (χ3v) is 3.80. The standard InChI is InChI=1S/C10H22N2O3S/c1-10(2,3)11-7-9-8-15-6-5-12(9)16(4,13)14/h9,11H,5-8H2,1-4H3/t9-/m1/s1. The van der Waals surface area contributed by atoms with Crippen molar-refractivity contribution in [2.45, 2.75) is 32.4 Å². The first-order valence-electron chi connectivity index (χ1n) is 5.50. The van der Waals surface area contributed by atoms with Crippen molar-refractivity contribution < 1.29 is 13.2 Å². The van der Waals surface area contributed by atoms with E-state index in [2.05, 4.69) is 26.1 Å². The van der Waals surface area contributed by atoms with E-state index in [1.165, 1.54) is 10.6 Å². The monoisotopic (exact) mass is 250 g/mol. The van der Waals surface area contributed by atoms with Crippen molar-refractivity contribution >= 4 is 10.0 Å². The Morgan fingerprint density at radius 2 is 2.06 bits per heavy atom. The topological polar surface area (TPSA) is 58.6 Å². The third-order valence-electron chi connectivity index (χ3n) is 2.47. The SMILES string of the molecule is CC(C)(C)NC[C@@H]1COCCN1S(C)(=O)=O. The van der Waals surface area contributed by atoms with Crippen LogP contribution in [0.1, 0.15) is 20.8 Å². The number of sulfonamides is 1. The number of nitrogens with zero attached hydrogens (tertiary/aromatic N) is 1. The van der Waals surface area contributed by atoms with E-state index in [1.807, 2.05) is 0 Å². The Bertz CT molecular complexity index is 321. The van der Waals surface area contributed by atoms with Crippen LogP contribution < -0.4 is 5.32 Å². The van der Waals surface area contributed by atoms with Crippen LogP contribution in [0.25, 0.3) is 0 Å². The maximum absolute atomic E-state index is 11.6. The lowest BCUT2D eigenvalue weighted by Gasteiger charge is -2.35. The van der Waals surface area contributed by atoms with Crippen LogP contribution in [-0.2, 0) is 14.8 Å². The average Bonchev–Trinajstić information content (AvgIpc) is 2.12. The lowest BCUT2D eigenvalue weighted by Crippen LogP contribution is -2.54. The van der Waals surface area contributed by atoms with E-state index in [0.717, 1.165) is 0 Å². The summed E-state index contributed by atoms with van der Waals surface area (Å²) < 4.78 is 30.0. The van der Waals surface area contributed by atoms with Crippen LogP contribution in [0.4, 0.5) is 0 Å². The minimum atomic E-state index is -3.13. The zero-order valence-corrected chi connectivity index (χ0v) is 11.3. The molecule has 1 rings (SSSR count). The van der Waals surface area contributed by atoms with Crippen molar-refractivity contribution in [3.63, 3.8) is 0 Å². The summed E-state index contributed by atoms with van der Waals surface area (Å²) in [6.45, 7) is 8.20. The molecule has 0 aromatic rings. The van der Waals surface area contributed by atoms with Gasteiger partial charge in [0, 0.05) is 18.6 Å². The van der Waals surface area contributed by atoms with Crippen molar-refractivity contribution in [2.24, 2.45) is 0 Å². The van der Waals surface area contributed by atoms with Gasteiger partial charge in [-0.2, -0.15) is 4.31 Å². The van der Waals surface area contributed by atoms with Gasteiger partial charge in [-0.25, -0.2) is 8.42 Å². The Morgan fingerprint density at radius 1 is 1.44 bits per heavy atom. The van der Waals surface area contributed by atoms with Crippen molar-refractivity contribution in [1.82, 2.24) is 9.62 Å². The molecule has 0 radical (unpaired) electrons. The molecule has 1 atom stereocenters. The lowest BCUT2D eigenvalue weighted by molar-refractivity contribution is 0.0311. The normalized spacial score (nSPS) is 24.6. The molecule has 0 saturated carbocycles. The summed E-state index contributed by atoms with van der Waals surface area (Å²) in [5, 5.41) is 3.31. The summed E-state index contributed by atoms with van der Waals surface area (Å²) in [5.41, 5.74) is -0.0133. The van der Waals surface area contributed by atoms with Crippen LogP contribution in [0.15, 0.2) is 0 Å². The van der Waals surface area contributed by atoms with E-state index in [4.69, 9.17) is 4.74 Å². The third kappa shape index (κ3) is 4.37. The van der Waals surface area contributed by atoms with Gasteiger partial charge >= 0.3 is 0 Å². The van der Waals surface area contributed by atoms with Gasteiger partial charge in [-0.3, -0.25) is 0 Å². The van der Waals surface area contributed by atoms with Crippen molar-refractivity contribution in [3.8, 4) is 0 Å². The summed E-state index contributed by atoms with van der Waals surface area (Å²) in [7, 11) is -3.13. The maximum atomic E-state index is 11.6. The molecule has 1 aliphatic heterocycles. The average molecular weight is 250 g/mol. The van der Waals surface area contributed by atoms with Crippen LogP contribution in [0.2, 0.25) is 0 Å². The largest absolute Gasteiger partial charge is 0.378 e. The number of rotatable bonds is 3. The van der Waals surface area contributed by atoms with Gasteiger partial charge in [-0.15, -0.1) is 0 Å². The molecule has 1 N–H and O–H groups in total. The van der Waals surface area contributed by atoms with Gasteiger partial charge in [0.1, 0.15) is 0 Å². The van der Waals surface area contributed by atoms with Gasteiger partial charge < -0.3 is 10.1 Å². The molecule has 1 fully saturated rings. The summed E-state index contributed by atoms with van der Waals surface area (Å²) in [4.78, 5) is 0. The number of nitrogens with one attached hydrogen (secondary N) is 1. The molecule has 0 spiro atoms. The van der Waals surface area contributed by atoms with E-state index in [-0.39, 0.29) is 11.6 Å². The Morgan fingerprint density at radius 3 is 2.56 bits per heavy atom. The molecule has 0 bridgehead atoms. The highest BCUT2D eigenvalue weighted by atomic mass is 32.2. The fraction of sp³-hybridized carbons (Fsp3) is 1.00. The van der Waals surface area contributed by atoms with Crippen LogP contribution in [0.3, 0.4) is 0 Å². The summed E-state index contributed by atoms with van der Waals surface area (Å²) in [5.74, 6) is 0. The van der Waals surface area contributed by atoms with Gasteiger partial charge in [0.15, 0.2) is 0 Å². The minimum Gasteiger partial charge on any atom is -0.378 e. The van der Waals surface area contributed by atoms with Gasteiger partial charge in [0.05, 0.1) is 25.5 Å². The molecule has 16 heavy (non-hydrogen) atoms. The zero-order chi connectivity index (χ0) is 12.4. The summed E-state index contributed by atoms with van der Waals surface area (Å²) in [6.07, 6.45) is 1.25. The lowest BCUT2D eigenvalue weighted by atomic mass is 10.1. The van der Waals surface area contributed by atoms with E-state index in [1.54, 1.807) is 0 Å². The van der Waals surface area contributed by atoms with Gasteiger partial charge in [0.2, 0.25) is 10.0 Å². The number of hydrogen-bond acceptors (Lipinski definition) is 4. The number of ether oxygens (including phenoxy) is 1. The van der Waals surface area contributed by atoms with E-state index in [9.17, 15) is 8.42 Å². The highest BCUT2D eigenvalue weighted by Crippen LogP contribution is 2.11. The quantitative estimate of drug-likeness (QED) is 0.768. The van der Waals surface area contributed by atoms with E-state index >= 15 is 0 Å². The van der Waals surface area contributed by atoms with E-state index in [0.29, 0.717) is 26.3 Å². The van der Waals surface area contributed by atoms with Crippen LogP contribution in [0, 0.1) is 0 Å². The molecule has 0 aliphatic carbocycles. The molecular weight excluding hydrogens is 228 g/mol. The predicted molar refractivity (Wildman–Crippen MR) is 63.9 cm³/mol. The second kappa shape index (κ2) is 5.00. The smallest absolute Gasteiger partial charge is 0.211 e. The molecule has 6 heteroatoms. The summed E-state index contributed by atoms with van der Waals surface area (Å²) in [6, 6.07) is -0.0945. The fourth-order valence-electron chi connectivity index (χ4n) is 1.66. The number of morpholine rings is 1. The first-order valence-corrected chi connectivity index (χ1v) is 7.34. The molecular formula is C10H22N2O3S. The Kier molecular flexibility index (Phi) is 4.34. The van der Waals surface area contributed by atoms with Crippen LogP contribution in [-0.4, -0.2) is 56.9 Å². The molecule has 1 heterocycles. The molecule has 0 aromatic carbocycles. The molecule has 0 unspecified atom stereocenters. The molecule has 0 amide bonds. The highest BCUT2D eigenvalue weighted by Gasteiger charge is 2.30. The minimum absolute atomic E-state index is 0.0133. The van der Waals surface area contributed by atoms with Crippen LogP contribution in [0.5, 0.6) is 0 Å². The molecule has 0 aromatic heterocycles. The van der Waals surface area contributed by atoms with Crippen molar-refractivity contribution in [3.05, 3.63) is 0 Å². The van der Waals surface area contributed by atoms with Gasteiger partial charge in [0.25, 0.3) is 0 Å².